The average Bonchev–Trinajstić information content (AvgIpc) is 2.45. The highest BCUT2D eigenvalue weighted by Gasteiger charge is 2.16. The van der Waals surface area contributed by atoms with Crippen LogP contribution in [0, 0.1) is 22.7 Å². The first-order valence-electron chi connectivity index (χ1n) is 5.88. The largest absolute Gasteiger partial charge is 0.373 e. The van der Waals surface area contributed by atoms with Gasteiger partial charge >= 0.3 is 0 Å². The van der Waals surface area contributed by atoms with Gasteiger partial charge in [-0.1, -0.05) is 6.92 Å². The normalized spacial score (nSPS) is 9.26. The van der Waals surface area contributed by atoms with E-state index in [2.05, 4.69) is 10.3 Å². The van der Waals surface area contributed by atoms with E-state index >= 15 is 0 Å². The summed E-state index contributed by atoms with van der Waals surface area (Å²) in [4.78, 5) is 17.7. The second-order valence-electron chi connectivity index (χ2n) is 3.81. The van der Waals surface area contributed by atoms with Gasteiger partial charge in [-0.2, -0.15) is 10.5 Å². The van der Waals surface area contributed by atoms with Gasteiger partial charge in [-0.3, -0.25) is 4.79 Å². The number of amides is 1. The topological polar surface area (TPSA) is 92.8 Å². The highest BCUT2D eigenvalue weighted by Crippen LogP contribution is 2.13. The Morgan fingerprint density at radius 3 is 2.47 bits per heavy atom. The monoisotopic (exact) mass is 257 g/mol. The number of hydrogen-bond acceptors (Lipinski definition) is 5. The van der Waals surface area contributed by atoms with Gasteiger partial charge in [-0.05, 0) is 18.6 Å². The predicted octanol–water partition coefficient (Wildman–Crippen LogP) is 1.18. The molecule has 1 heterocycles. The summed E-state index contributed by atoms with van der Waals surface area (Å²) in [6.45, 7) is 1.73. The Morgan fingerprint density at radius 1 is 1.37 bits per heavy atom. The number of rotatable bonds is 5. The first-order chi connectivity index (χ1) is 9.15. The average molecular weight is 257 g/mol. The van der Waals surface area contributed by atoms with Crippen molar-refractivity contribution in [2.45, 2.75) is 13.3 Å². The van der Waals surface area contributed by atoms with Gasteiger partial charge in [0.1, 0.15) is 18.9 Å². The molecule has 0 bridgehead atoms. The van der Waals surface area contributed by atoms with Gasteiger partial charge in [0.05, 0.1) is 12.1 Å². The fraction of sp³-hybridized carbons (Fsp3) is 0.385. The molecular weight excluding hydrogens is 242 g/mol. The van der Waals surface area contributed by atoms with Gasteiger partial charge in [-0.15, -0.1) is 0 Å². The Kier molecular flexibility index (Phi) is 5.31. The molecule has 1 N–H and O–H groups in total. The molecule has 0 saturated heterocycles. The molecule has 19 heavy (non-hydrogen) atoms. The van der Waals surface area contributed by atoms with Crippen LogP contribution in [-0.4, -0.2) is 35.9 Å². The molecule has 0 unspecified atom stereocenters. The third-order valence-electron chi connectivity index (χ3n) is 2.55. The summed E-state index contributed by atoms with van der Waals surface area (Å²) in [5.74, 6) is 0.258. The van der Waals surface area contributed by atoms with Gasteiger partial charge < -0.3 is 10.2 Å². The second kappa shape index (κ2) is 6.97. The fourth-order valence-electron chi connectivity index (χ4n) is 1.57. The van der Waals surface area contributed by atoms with E-state index in [1.54, 1.807) is 19.2 Å². The number of anilines is 1. The van der Waals surface area contributed by atoms with Crippen LogP contribution in [0.15, 0.2) is 12.1 Å². The Hall–Kier alpha value is -2.60. The molecular formula is C13H15N5O. The zero-order valence-electron chi connectivity index (χ0n) is 11.0. The Morgan fingerprint density at radius 2 is 2.00 bits per heavy atom. The number of aryl methyl sites for hydroxylation is 1. The molecule has 0 radical (unpaired) electrons. The third-order valence-corrected chi connectivity index (χ3v) is 2.55. The van der Waals surface area contributed by atoms with Crippen LogP contribution < -0.4 is 5.32 Å². The van der Waals surface area contributed by atoms with Crippen molar-refractivity contribution in [3.8, 4) is 12.1 Å². The molecule has 1 aromatic heterocycles. The predicted molar refractivity (Wildman–Crippen MR) is 70.3 cm³/mol. The molecule has 6 heteroatoms. The van der Waals surface area contributed by atoms with Gasteiger partial charge in [0, 0.05) is 18.3 Å². The van der Waals surface area contributed by atoms with Crippen LogP contribution in [0.25, 0.3) is 0 Å². The molecule has 0 aliphatic rings. The lowest BCUT2D eigenvalue weighted by Gasteiger charge is -2.16. The zero-order chi connectivity index (χ0) is 14.3. The van der Waals surface area contributed by atoms with E-state index in [1.165, 1.54) is 4.90 Å². The van der Waals surface area contributed by atoms with Crippen molar-refractivity contribution in [2.75, 3.05) is 25.5 Å². The summed E-state index contributed by atoms with van der Waals surface area (Å²) in [6, 6.07) is 7.07. The summed E-state index contributed by atoms with van der Waals surface area (Å²) in [5.41, 5.74) is 1.21. The van der Waals surface area contributed by atoms with E-state index in [0.29, 0.717) is 17.8 Å². The zero-order valence-corrected chi connectivity index (χ0v) is 11.0. The van der Waals surface area contributed by atoms with E-state index in [-0.39, 0.29) is 19.0 Å². The van der Waals surface area contributed by atoms with E-state index in [4.69, 9.17) is 10.5 Å². The number of carbonyl (C=O) groups excluding carboxylic acids is 1. The van der Waals surface area contributed by atoms with E-state index in [0.717, 1.165) is 5.69 Å². The number of nitrogens with one attached hydrogen (secondary N) is 1. The van der Waals surface area contributed by atoms with Crippen LogP contribution in [-0.2, 0) is 6.42 Å². The first kappa shape index (κ1) is 14.5. The van der Waals surface area contributed by atoms with Gasteiger partial charge in [0.25, 0.3) is 5.91 Å². The molecule has 1 amide bonds. The molecule has 0 aliphatic heterocycles. The maximum absolute atomic E-state index is 12.2. The van der Waals surface area contributed by atoms with Crippen LogP contribution in [0.1, 0.15) is 23.0 Å². The SMILES string of the molecule is CCc1cc(C(=O)N(CC#N)CC#N)cc(NC)n1. The lowest BCUT2D eigenvalue weighted by molar-refractivity contribution is 0.0794. The van der Waals surface area contributed by atoms with Crippen molar-refractivity contribution in [1.82, 2.24) is 9.88 Å². The Labute approximate surface area is 112 Å². The third kappa shape index (κ3) is 3.68. The van der Waals surface area contributed by atoms with Crippen molar-refractivity contribution in [1.29, 1.82) is 10.5 Å². The van der Waals surface area contributed by atoms with E-state index in [1.807, 2.05) is 19.1 Å². The highest BCUT2D eigenvalue weighted by atomic mass is 16.2. The standard InChI is InChI=1S/C13H15N5O/c1-3-11-8-10(9-12(16-2)17-11)13(19)18(6-4-14)7-5-15/h8-9H,3,6-7H2,1-2H3,(H,16,17). The molecule has 0 saturated carbocycles. The quantitative estimate of drug-likeness (QED) is 0.799. The van der Waals surface area contributed by atoms with Crippen LogP contribution in [0.4, 0.5) is 5.82 Å². The summed E-state index contributed by atoms with van der Waals surface area (Å²) in [5, 5.41) is 20.3. The van der Waals surface area contributed by atoms with Gasteiger partial charge in [0.15, 0.2) is 0 Å². The number of nitrogens with zero attached hydrogens (tertiary/aromatic N) is 4. The molecule has 0 spiro atoms. The number of hydrogen-bond donors (Lipinski definition) is 1. The lowest BCUT2D eigenvalue weighted by Crippen LogP contribution is -2.32. The van der Waals surface area contributed by atoms with Crippen molar-refractivity contribution in [3.05, 3.63) is 23.4 Å². The Balaban J connectivity index is 3.10. The van der Waals surface area contributed by atoms with Crippen molar-refractivity contribution in [2.24, 2.45) is 0 Å². The van der Waals surface area contributed by atoms with Crippen LogP contribution in [0.2, 0.25) is 0 Å². The molecule has 1 aromatic rings. The summed E-state index contributed by atoms with van der Waals surface area (Å²) < 4.78 is 0. The maximum atomic E-state index is 12.2. The highest BCUT2D eigenvalue weighted by molar-refractivity contribution is 5.95. The number of carbonyl (C=O) groups is 1. The van der Waals surface area contributed by atoms with Gasteiger partial charge in [-0.25, -0.2) is 4.98 Å². The van der Waals surface area contributed by atoms with Crippen LogP contribution >= 0.6 is 0 Å². The molecule has 1 rings (SSSR count). The van der Waals surface area contributed by atoms with Gasteiger partial charge in [0.2, 0.25) is 0 Å². The van der Waals surface area contributed by atoms with Crippen molar-refractivity contribution in [3.63, 3.8) is 0 Å². The van der Waals surface area contributed by atoms with Crippen molar-refractivity contribution >= 4 is 11.7 Å². The summed E-state index contributed by atoms with van der Waals surface area (Å²) in [6.07, 6.45) is 0.701. The summed E-state index contributed by atoms with van der Waals surface area (Å²) in [7, 11) is 1.72. The molecule has 6 nitrogen and oxygen atoms in total. The second-order valence-corrected chi connectivity index (χ2v) is 3.81. The van der Waals surface area contributed by atoms with E-state index in [9.17, 15) is 4.79 Å². The minimum absolute atomic E-state index is 0.106. The van der Waals surface area contributed by atoms with E-state index < -0.39 is 0 Å². The fourth-order valence-corrected chi connectivity index (χ4v) is 1.57. The maximum Gasteiger partial charge on any atom is 0.255 e. The van der Waals surface area contributed by atoms with Crippen molar-refractivity contribution < 1.29 is 4.79 Å². The summed E-state index contributed by atoms with van der Waals surface area (Å²) >= 11 is 0. The minimum atomic E-state index is -0.336. The van der Waals surface area contributed by atoms with Crippen LogP contribution in [0.3, 0.4) is 0 Å². The number of pyridine rings is 1. The number of aromatic nitrogens is 1. The first-order valence-corrected chi connectivity index (χ1v) is 5.88. The Bertz CT molecular complexity index is 503. The molecule has 98 valence electrons. The smallest absolute Gasteiger partial charge is 0.255 e. The minimum Gasteiger partial charge on any atom is -0.373 e. The lowest BCUT2D eigenvalue weighted by atomic mass is 10.1. The molecule has 0 aliphatic carbocycles. The molecule has 0 aromatic carbocycles. The van der Waals surface area contributed by atoms with Crippen LogP contribution in [0.5, 0.6) is 0 Å². The molecule has 0 fully saturated rings. The molecule has 0 atom stereocenters. The number of nitriles is 2.